The highest BCUT2D eigenvalue weighted by Crippen LogP contribution is 2.38. The first-order valence-electron chi connectivity index (χ1n) is 5.78. The van der Waals surface area contributed by atoms with Crippen molar-refractivity contribution in [3.05, 3.63) is 0 Å². The van der Waals surface area contributed by atoms with Crippen LogP contribution in [0.2, 0.25) is 0 Å². The Bertz CT molecular complexity index is 329. The van der Waals surface area contributed by atoms with E-state index in [9.17, 15) is 14.4 Å². The molecule has 3 atom stereocenters. The molecule has 0 heterocycles. The Balaban J connectivity index is 2.32. The van der Waals surface area contributed by atoms with E-state index in [-0.39, 0.29) is 11.8 Å². The minimum atomic E-state index is -0.951. The number of rotatable bonds is 6. The summed E-state index contributed by atoms with van der Waals surface area (Å²) in [5.74, 6) is -2.60. The summed E-state index contributed by atoms with van der Waals surface area (Å²) in [6, 6.07) is -0.621. The van der Waals surface area contributed by atoms with E-state index in [1.807, 2.05) is 6.92 Å². The van der Waals surface area contributed by atoms with Gasteiger partial charge in [0.05, 0.1) is 11.8 Å². The Kier molecular flexibility index (Phi) is 4.48. The molecule has 0 aromatic heterocycles. The van der Waals surface area contributed by atoms with Gasteiger partial charge in [0, 0.05) is 6.54 Å². The first-order valence-corrected chi connectivity index (χ1v) is 5.78. The molecular weight excluding hydrogens is 224 g/mol. The lowest BCUT2D eigenvalue weighted by Crippen LogP contribution is -2.45. The maximum absolute atomic E-state index is 11.6. The summed E-state index contributed by atoms with van der Waals surface area (Å²) in [6.45, 7) is 4.09. The van der Waals surface area contributed by atoms with Crippen LogP contribution in [0.25, 0.3) is 0 Å². The topological polar surface area (TPSA) is 95.5 Å². The molecule has 1 rings (SSSR count). The van der Waals surface area contributed by atoms with Crippen molar-refractivity contribution >= 4 is 17.8 Å². The number of hydrogen-bond acceptors (Lipinski definition) is 3. The summed E-state index contributed by atoms with van der Waals surface area (Å²) in [7, 11) is 0. The number of nitrogens with one attached hydrogen (secondary N) is 2. The van der Waals surface area contributed by atoms with Crippen molar-refractivity contribution in [1.82, 2.24) is 10.6 Å². The van der Waals surface area contributed by atoms with E-state index in [2.05, 4.69) is 10.6 Å². The number of amides is 2. The van der Waals surface area contributed by atoms with Crippen LogP contribution in [0.1, 0.15) is 26.7 Å². The molecule has 17 heavy (non-hydrogen) atoms. The van der Waals surface area contributed by atoms with E-state index in [0.29, 0.717) is 13.0 Å². The summed E-state index contributed by atoms with van der Waals surface area (Å²) in [6.07, 6.45) is 1.20. The molecular formula is C11H18N2O4. The van der Waals surface area contributed by atoms with Crippen molar-refractivity contribution in [1.29, 1.82) is 0 Å². The van der Waals surface area contributed by atoms with Gasteiger partial charge in [-0.2, -0.15) is 0 Å². The van der Waals surface area contributed by atoms with Crippen molar-refractivity contribution in [2.45, 2.75) is 32.7 Å². The van der Waals surface area contributed by atoms with Crippen LogP contribution in [0.3, 0.4) is 0 Å². The molecule has 0 spiro atoms. The minimum absolute atomic E-state index is 0.243. The maximum Gasteiger partial charge on any atom is 0.307 e. The van der Waals surface area contributed by atoms with E-state index in [1.54, 1.807) is 6.92 Å². The summed E-state index contributed by atoms with van der Waals surface area (Å²) in [5, 5.41) is 13.9. The molecule has 96 valence electrons. The number of carbonyl (C=O) groups excluding carboxylic acids is 2. The highest BCUT2D eigenvalue weighted by atomic mass is 16.4. The smallest absolute Gasteiger partial charge is 0.307 e. The first-order chi connectivity index (χ1) is 7.97. The molecule has 0 radical (unpaired) electrons. The average molecular weight is 242 g/mol. The zero-order valence-corrected chi connectivity index (χ0v) is 10.0. The average Bonchev–Trinajstić information content (AvgIpc) is 3.05. The second-order valence-corrected chi connectivity index (χ2v) is 4.31. The van der Waals surface area contributed by atoms with Gasteiger partial charge < -0.3 is 15.7 Å². The van der Waals surface area contributed by atoms with Crippen LogP contribution in [0.4, 0.5) is 0 Å². The molecule has 0 aromatic carbocycles. The fourth-order valence-electron chi connectivity index (χ4n) is 1.54. The molecule has 0 bridgehead atoms. The standard InChI is InChI=1S/C11H18N2O4/c1-3-4-12-9(14)6(2)13-10(15)7-5-8(7)11(16)17/h6-8H,3-5H2,1-2H3,(H,12,14)(H,13,15)(H,16,17). The molecule has 0 aromatic rings. The van der Waals surface area contributed by atoms with Crippen LogP contribution in [-0.2, 0) is 14.4 Å². The summed E-state index contributed by atoms with van der Waals surface area (Å²) in [4.78, 5) is 33.6. The quantitative estimate of drug-likeness (QED) is 0.598. The highest BCUT2D eigenvalue weighted by Gasteiger charge is 2.48. The van der Waals surface area contributed by atoms with Gasteiger partial charge >= 0.3 is 5.97 Å². The Labute approximate surface area is 99.8 Å². The van der Waals surface area contributed by atoms with E-state index in [0.717, 1.165) is 6.42 Å². The van der Waals surface area contributed by atoms with Crippen molar-refractivity contribution in [3.8, 4) is 0 Å². The molecule has 1 saturated carbocycles. The predicted molar refractivity (Wildman–Crippen MR) is 60.1 cm³/mol. The van der Waals surface area contributed by atoms with Crippen LogP contribution in [0, 0.1) is 11.8 Å². The Morgan fingerprint density at radius 1 is 1.35 bits per heavy atom. The van der Waals surface area contributed by atoms with E-state index >= 15 is 0 Å². The Morgan fingerprint density at radius 3 is 2.47 bits per heavy atom. The van der Waals surface area contributed by atoms with Crippen LogP contribution >= 0.6 is 0 Å². The van der Waals surface area contributed by atoms with E-state index < -0.39 is 23.8 Å². The third-order valence-corrected chi connectivity index (χ3v) is 2.75. The van der Waals surface area contributed by atoms with Gasteiger partial charge in [-0.15, -0.1) is 0 Å². The predicted octanol–water partition coefficient (Wildman–Crippen LogP) is -0.262. The van der Waals surface area contributed by atoms with Gasteiger partial charge in [-0.1, -0.05) is 6.92 Å². The van der Waals surface area contributed by atoms with Crippen molar-refractivity contribution in [2.24, 2.45) is 11.8 Å². The van der Waals surface area contributed by atoms with E-state index in [1.165, 1.54) is 0 Å². The number of carboxylic acids is 1. The normalized spacial score (nSPS) is 23.6. The zero-order chi connectivity index (χ0) is 13.0. The second kappa shape index (κ2) is 5.65. The van der Waals surface area contributed by atoms with Gasteiger partial charge in [-0.3, -0.25) is 14.4 Å². The Morgan fingerprint density at radius 2 is 2.00 bits per heavy atom. The lowest BCUT2D eigenvalue weighted by molar-refractivity contribution is -0.140. The van der Waals surface area contributed by atoms with Crippen LogP contribution in [0.15, 0.2) is 0 Å². The molecule has 6 nitrogen and oxygen atoms in total. The molecule has 0 saturated heterocycles. The number of carbonyl (C=O) groups is 3. The molecule has 1 fully saturated rings. The van der Waals surface area contributed by atoms with Crippen LogP contribution in [0.5, 0.6) is 0 Å². The molecule has 0 aliphatic heterocycles. The lowest BCUT2D eigenvalue weighted by atomic mass is 10.2. The molecule has 1 aliphatic carbocycles. The Hall–Kier alpha value is -1.59. The lowest BCUT2D eigenvalue weighted by Gasteiger charge is -2.13. The van der Waals surface area contributed by atoms with Gasteiger partial charge in [0.15, 0.2) is 0 Å². The SMILES string of the molecule is CCCNC(=O)C(C)NC(=O)C1CC1C(=O)O. The van der Waals surface area contributed by atoms with Crippen LogP contribution in [-0.4, -0.2) is 35.5 Å². The third-order valence-electron chi connectivity index (χ3n) is 2.75. The first kappa shape index (κ1) is 13.5. The number of hydrogen-bond donors (Lipinski definition) is 3. The fourth-order valence-corrected chi connectivity index (χ4v) is 1.54. The molecule has 3 N–H and O–H groups in total. The van der Waals surface area contributed by atoms with Gasteiger partial charge in [-0.25, -0.2) is 0 Å². The number of carboxylic acid groups (broad SMARTS) is 1. The molecule has 2 amide bonds. The molecule has 3 unspecified atom stereocenters. The molecule has 6 heteroatoms. The van der Waals surface area contributed by atoms with Crippen molar-refractivity contribution in [3.63, 3.8) is 0 Å². The summed E-state index contributed by atoms with van der Waals surface area (Å²) >= 11 is 0. The van der Waals surface area contributed by atoms with Gasteiger partial charge in [0.1, 0.15) is 6.04 Å². The van der Waals surface area contributed by atoms with E-state index in [4.69, 9.17) is 5.11 Å². The maximum atomic E-state index is 11.6. The summed E-state index contributed by atoms with van der Waals surface area (Å²) in [5.41, 5.74) is 0. The third kappa shape index (κ3) is 3.72. The number of aliphatic carboxylic acids is 1. The summed E-state index contributed by atoms with van der Waals surface area (Å²) < 4.78 is 0. The highest BCUT2D eigenvalue weighted by molar-refractivity contribution is 5.92. The minimum Gasteiger partial charge on any atom is -0.481 e. The van der Waals surface area contributed by atoms with Crippen LogP contribution < -0.4 is 10.6 Å². The van der Waals surface area contributed by atoms with Gasteiger partial charge in [0.2, 0.25) is 11.8 Å². The van der Waals surface area contributed by atoms with Crippen molar-refractivity contribution < 1.29 is 19.5 Å². The largest absolute Gasteiger partial charge is 0.481 e. The monoisotopic (exact) mass is 242 g/mol. The fraction of sp³-hybridized carbons (Fsp3) is 0.727. The van der Waals surface area contributed by atoms with Gasteiger partial charge in [-0.05, 0) is 19.8 Å². The second-order valence-electron chi connectivity index (χ2n) is 4.31. The van der Waals surface area contributed by atoms with Crippen molar-refractivity contribution in [2.75, 3.05) is 6.54 Å². The zero-order valence-electron chi connectivity index (χ0n) is 10.0. The van der Waals surface area contributed by atoms with Gasteiger partial charge in [0.25, 0.3) is 0 Å². The molecule has 1 aliphatic rings.